The van der Waals surface area contributed by atoms with E-state index in [1.165, 1.54) is 0 Å². The molecule has 0 N–H and O–H groups in total. The van der Waals surface area contributed by atoms with Crippen molar-refractivity contribution in [3.8, 4) is 0 Å². The first-order chi connectivity index (χ1) is 12.1. The van der Waals surface area contributed by atoms with Gasteiger partial charge in [0.2, 0.25) is 11.6 Å². The van der Waals surface area contributed by atoms with Gasteiger partial charge in [0.1, 0.15) is 0 Å². The lowest BCUT2D eigenvalue weighted by molar-refractivity contribution is -0.112. The van der Waals surface area contributed by atoms with E-state index < -0.39 is 11.6 Å². The molecule has 126 valence electrons. The minimum Gasteiger partial charge on any atom is -0.462 e. The summed E-state index contributed by atoms with van der Waals surface area (Å²) in [6.45, 7) is 2.10. The van der Waals surface area contributed by atoms with E-state index in [0.717, 1.165) is 11.1 Å². The normalized spacial score (nSPS) is 13.2. The molecule has 1 aliphatic carbocycles. The highest BCUT2D eigenvalue weighted by Gasteiger charge is 2.26. The molecule has 0 fully saturated rings. The summed E-state index contributed by atoms with van der Waals surface area (Å²) in [5, 5.41) is 0. The Hall–Kier alpha value is -3.01. The molecule has 2 aromatic carbocycles. The van der Waals surface area contributed by atoms with Crippen LogP contribution in [0.4, 0.5) is 0 Å². The van der Waals surface area contributed by atoms with Gasteiger partial charge in [0, 0.05) is 11.1 Å². The maximum Gasteiger partial charge on any atom is 0.338 e. The summed E-state index contributed by atoms with van der Waals surface area (Å²) < 4.78 is 4.95. The van der Waals surface area contributed by atoms with E-state index >= 15 is 0 Å². The summed E-state index contributed by atoms with van der Waals surface area (Å²) in [7, 11) is 0. The van der Waals surface area contributed by atoms with Crippen LogP contribution in [0, 0.1) is 0 Å². The average molecular weight is 334 g/mol. The maximum atomic E-state index is 12.2. The summed E-state index contributed by atoms with van der Waals surface area (Å²) in [6.07, 6.45) is 2.90. The van der Waals surface area contributed by atoms with E-state index in [9.17, 15) is 14.4 Å². The van der Waals surface area contributed by atoms with Crippen LogP contribution in [0.3, 0.4) is 0 Å². The molecule has 0 radical (unpaired) electrons. The standard InChI is InChI=1S/C21H18O4/c1-2-25-21(24)15-10-7-14(8-11-15)9-12-17-13-16-5-3-4-6-18(16)20(23)19(17)22/h3-8,10-11,13H,2,9,12H2,1H3. The number of hydrogen-bond acceptors (Lipinski definition) is 4. The molecule has 0 heterocycles. The minimum atomic E-state index is -0.439. The van der Waals surface area contributed by atoms with Gasteiger partial charge >= 0.3 is 5.97 Å². The van der Waals surface area contributed by atoms with Crippen molar-refractivity contribution in [3.63, 3.8) is 0 Å². The third-order valence-electron chi connectivity index (χ3n) is 4.18. The molecule has 0 bridgehead atoms. The number of rotatable bonds is 5. The molecule has 0 saturated heterocycles. The Morgan fingerprint density at radius 3 is 2.36 bits per heavy atom. The summed E-state index contributed by atoms with van der Waals surface area (Å²) in [4.78, 5) is 36.1. The van der Waals surface area contributed by atoms with Crippen LogP contribution in [-0.2, 0) is 16.0 Å². The first-order valence-electron chi connectivity index (χ1n) is 8.25. The van der Waals surface area contributed by atoms with E-state index in [1.54, 1.807) is 37.3 Å². The summed E-state index contributed by atoms with van der Waals surface area (Å²) in [5.74, 6) is -1.21. The second-order valence-electron chi connectivity index (χ2n) is 5.83. The molecule has 0 aliphatic heterocycles. The van der Waals surface area contributed by atoms with E-state index in [2.05, 4.69) is 0 Å². The third-order valence-corrected chi connectivity index (χ3v) is 4.18. The number of carbonyl (C=O) groups is 3. The summed E-state index contributed by atoms with van der Waals surface area (Å²) in [6, 6.07) is 14.2. The number of allylic oxidation sites excluding steroid dienone is 1. The molecule has 0 saturated carbocycles. The van der Waals surface area contributed by atoms with Gasteiger partial charge in [-0.05, 0) is 49.1 Å². The van der Waals surface area contributed by atoms with Gasteiger partial charge in [0.25, 0.3) is 0 Å². The van der Waals surface area contributed by atoms with Crippen molar-refractivity contribution < 1.29 is 19.1 Å². The molecule has 0 unspecified atom stereocenters. The number of fused-ring (bicyclic) bond motifs is 1. The van der Waals surface area contributed by atoms with E-state index in [0.29, 0.717) is 36.1 Å². The lowest BCUT2D eigenvalue weighted by atomic mass is 9.87. The predicted molar refractivity (Wildman–Crippen MR) is 94.5 cm³/mol. The Morgan fingerprint density at radius 1 is 0.920 bits per heavy atom. The predicted octanol–water partition coefficient (Wildman–Crippen LogP) is 3.64. The van der Waals surface area contributed by atoms with Crippen molar-refractivity contribution in [2.75, 3.05) is 6.61 Å². The molecule has 0 atom stereocenters. The second kappa shape index (κ2) is 7.26. The van der Waals surface area contributed by atoms with Gasteiger partial charge in [0.05, 0.1) is 12.2 Å². The van der Waals surface area contributed by atoms with E-state index in [-0.39, 0.29) is 5.97 Å². The number of ketones is 2. The van der Waals surface area contributed by atoms with Crippen molar-refractivity contribution in [2.24, 2.45) is 0 Å². The van der Waals surface area contributed by atoms with Crippen LogP contribution >= 0.6 is 0 Å². The topological polar surface area (TPSA) is 60.4 Å². The van der Waals surface area contributed by atoms with Gasteiger partial charge in [-0.1, -0.05) is 36.4 Å². The number of Topliss-reactive ketones (excluding diaryl/α,β-unsaturated/α-hetero) is 2. The van der Waals surface area contributed by atoms with Crippen molar-refractivity contribution in [3.05, 3.63) is 76.4 Å². The van der Waals surface area contributed by atoms with Crippen molar-refractivity contribution >= 4 is 23.6 Å². The van der Waals surface area contributed by atoms with Crippen LogP contribution < -0.4 is 0 Å². The van der Waals surface area contributed by atoms with Gasteiger partial charge in [-0.2, -0.15) is 0 Å². The molecule has 1 aliphatic rings. The Labute approximate surface area is 146 Å². The molecule has 3 rings (SSSR count). The molecule has 0 spiro atoms. The van der Waals surface area contributed by atoms with Gasteiger partial charge in [0.15, 0.2) is 0 Å². The van der Waals surface area contributed by atoms with Crippen LogP contribution in [0.5, 0.6) is 0 Å². The average Bonchev–Trinajstić information content (AvgIpc) is 2.64. The molecule has 0 amide bonds. The van der Waals surface area contributed by atoms with Crippen molar-refractivity contribution in [1.29, 1.82) is 0 Å². The number of esters is 1. The fourth-order valence-corrected chi connectivity index (χ4v) is 2.84. The third kappa shape index (κ3) is 3.58. The van der Waals surface area contributed by atoms with Crippen LogP contribution in [0.1, 0.15) is 45.2 Å². The van der Waals surface area contributed by atoms with Gasteiger partial charge in [-0.15, -0.1) is 0 Å². The van der Waals surface area contributed by atoms with Crippen LogP contribution in [0.25, 0.3) is 6.08 Å². The summed E-state index contributed by atoms with van der Waals surface area (Å²) >= 11 is 0. The van der Waals surface area contributed by atoms with Gasteiger partial charge in [-0.25, -0.2) is 4.79 Å². The van der Waals surface area contributed by atoms with Crippen molar-refractivity contribution in [1.82, 2.24) is 0 Å². The maximum absolute atomic E-state index is 12.2. The Bertz CT molecular complexity index is 860. The number of benzene rings is 2. The molecular weight excluding hydrogens is 316 g/mol. The fraction of sp³-hybridized carbons (Fsp3) is 0.190. The summed E-state index contributed by atoms with van der Waals surface area (Å²) in [5.41, 5.74) is 3.28. The highest BCUT2D eigenvalue weighted by atomic mass is 16.5. The second-order valence-corrected chi connectivity index (χ2v) is 5.83. The smallest absolute Gasteiger partial charge is 0.338 e. The number of ether oxygens (including phenoxy) is 1. The number of carbonyl (C=O) groups excluding carboxylic acids is 3. The zero-order chi connectivity index (χ0) is 17.8. The van der Waals surface area contributed by atoms with Crippen molar-refractivity contribution in [2.45, 2.75) is 19.8 Å². The highest BCUT2D eigenvalue weighted by Crippen LogP contribution is 2.24. The SMILES string of the molecule is CCOC(=O)c1ccc(CCC2=Cc3ccccc3C(=O)C2=O)cc1. The molecule has 4 heteroatoms. The Morgan fingerprint density at radius 2 is 1.64 bits per heavy atom. The number of hydrogen-bond donors (Lipinski definition) is 0. The molecular formula is C21H18O4. The molecule has 2 aromatic rings. The highest BCUT2D eigenvalue weighted by molar-refractivity contribution is 6.51. The van der Waals surface area contributed by atoms with Gasteiger partial charge in [-0.3, -0.25) is 9.59 Å². The zero-order valence-corrected chi connectivity index (χ0v) is 14.0. The van der Waals surface area contributed by atoms with E-state index in [4.69, 9.17) is 4.74 Å². The zero-order valence-electron chi connectivity index (χ0n) is 14.0. The Balaban J connectivity index is 1.71. The number of aryl methyl sites for hydroxylation is 1. The van der Waals surface area contributed by atoms with Gasteiger partial charge < -0.3 is 4.74 Å². The molecule has 25 heavy (non-hydrogen) atoms. The molecule has 4 nitrogen and oxygen atoms in total. The quantitative estimate of drug-likeness (QED) is 0.619. The lowest BCUT2D eigenvalue weighted by Crippen LogP contribution is -2.21. The van der Waals surface area contributed by atoms with Crippen LogP contribution in [0.15, 0.2) is 54.1 Å². The Kier molecular flexibility index (Phi) is 4.89. The van der Waals surface area contributed by atoms with E-state index in [1.807, 2.05) is 24.3 Å². The minimum absolute atomic E-state index is 0.340. The lowest BCUT2D eigenvalue weighted by Gasteiger charge is -2.14. The largest absolute Gasteiger partial charge is 0.462 e. The van der Waals surface area contributed by atoms with Crippen LogP contribution in [0.2, 0.25) is 0 Å². The van der Waals surface area contributed by atoms with Crippen LogP contribution in [-0.4, -0.2) is 24.1 Å². The molecule has 0 aromatic heterocycles. The first kappa shape index (κ1) is 16.8. The fourth-order valence-electron chi connectivity index (χ4n) is 2.84. The first-order valence-corrected chi connectivity index (χ1v) is 8.25. The monoisotopic (exact) mass is 334 g/mol.